The highest BCUT2D eigenvalue weighted by Crippen LogP contribution is 2.38. The number of hydrogen-bond acceptors (Lipinski definition) is 6. The maximum Gasteiger partial charge on any atom is 0.343 e. The summed E-state index contributed by atoms with van der Waals surface area (Å²) in [5, 5.41) is 6.47. The van der Waals surface area contributed by atoms with E-state index in [4.69, 9.17) is 10.5 Å². The third kappa shape index (κ3) is 2.72. The molecule has 110 valence electrons. The molecule has 6 nitrogen and oxygen atoms in total. The fraction of sp³-hybridized carbons (Fsp3) is 0.538. The van der Waals surface area contributed by atoms with E-state index in [9.17, 15) is 9.59 Å². The molecule has 2 rings (SSSR count). The van der Waals surface area contributed by atoms with E-state index in [1.807, 2.05) is 0 Å². The Kier molecular flexibility index (Phi) is 4.49. The first kappa shape index (κ1) is 14.6. The molecule has 1 amide bonds. The van der Waals surface area contributed by atoms with Crippen LogP contribution in [0.25, 0.3) is 0 Å². The average molecular weight is 297 g/mol. The van der Waals surface area contributed by atoms with E-state index in [0.29, 0.717) is 15.9 Å². The van der Waals surface area contributed by atoms with Crippen molar-refractivity contribution in [2.45, 2.75) is 31.7 Å². The quantitative estimate of drug-likeness (QED) is 0.737. The molecule has 0 bridgehead atoms. The molecule has 1 aromatic rings. The van der Waals surface area contributed by atoms with Crippen LogP contribution >= 0.6 is 11.3 Å². The summed E-state index contributed by atoms with van der Waals surface area (Å²) in [7, 11) is 2.84. The van der Waals surface area contributed by atoms with Gasteiger partial charge in [0.05, 0.1) is 12.8 Å². The number of carbonyl (C=O) groups excluding carboxylic acids is 2. The molecule has 0 aromatic carbocycles. The number of methoxy groups -OCH3 is 1. The van der Waals surface area contributed by atoms with Crippen molar-refractivity contribution in [3.8, 4) is 0 Å². The molecule has 0 aliphatic heterocycles. The van der Waals surface area contributed by atoms with Gasteiger partial charge >= 0.3 is 5.97 Å². The largest absolute Gasteiger partial charge is 0.465 e. The third-order valence-corrected chi connectivity index (χ3v) is 4.59. The number of rotatable bonds is 4. The van der Waals surface area contributed by atoms with Gasteiger partial charge < -0.3 is 21.1 Å². The maximum absolute atomic E-state index is 11.9. The Labute approximate surface area is 121 Å². The predicted molar refractivity (Wildman–Crippen MR) is 79.3 cm³/mol. The van der Waals surface area contributed by atoms with Crippen LogP contribution in [0.15, 0.2) is 0 Å². The summed E-state index contributed by atoms with van der Waals surface area (Å²) in [4.78, 5) is 24.0. The van der Waals surface area contributed by atoms with Gasteiger partial charge in [-0.3, -0.25) is 4.79 Å². The first-order valence-corrected chi connectivity index (χ1v) is 7.39. The second-order valence-corrected chi connectivity index (χ2v) is 5.77. The SMILES string of the molecule is CNC(=O)c1sc(NC2CCCC2)c(C(=O)OC)c1N. The Morgan fingerprint density at radius 2 is 2.00 bits per heavy atom. The Morgan fingerprint density at radius 1 is 1.35 bits per heavy atom. The number of nitrogens with one attached hydrogen (secondary N) is 2. The second-order valence-electron chi connectivity index (χ2n) is 4.75. The molecule has 1 heterocycles. The summed E-state index contributed by atoms with van der Waals surface area (Å²) < 4.78 is 4.76. The summed E-state index contributed by atoms with van der Waals surface area (Å²) in [6.45, 7) is 0. The van der Waals surface area contributed by atoms with Crippen LogP contribution in [0.4, 0.5) is 10.7 Å². The molecule has 1 aliphatic carbocycles. The van der Waals surface area contributed by atoms with Crippen molar-refractivity contribution in [3.05, 3.63) is 10.4 Å². The van der Waals surface area contributed by atoms with E-state index in [1.165, 1.54) is 38.3 Å². The van der Waals surface area contributed by atoms with Crippen LogP contribution in [0.3, 0.4) is 0 Å². The smallest absolute Gasteiger partial charge is 0.343 e. The number of thiophene rings is 1. The van der Waals surface area contributed by atoms with E-state index < -0.39 is 5.97 Å². The molecule has 20 heavy (non-hydrogen) atoms. The Balaban J connectivity index is 2.36. The highest BCUT2D eigenvalue weighted by molar-refractivity contribution is 7.19. The molecule has 4 N–H and O–H groups in total. The minimum Gasteiger partial charge on any atom is -0.465 e. The van der Waals surface area contributed by atoms with Crippen molar-refractivity contribution < 1.29 is 14.3 Å². The van der Waals surface area contributed by atoms with E-state index in [-0.39, 0.29) is 17.2 Å². The summed E-state index contributed by atoms with van der Waals surface area (Å²) in [6, 6.07) is 0.328. The van der Waals surface area contributed by atoms with Gasteiger partial charge in [0.25, 0.3) is 5.91 Å². The van der Waals surface area contributed by atoms with Gasteiger partial charge in [-0.25, -0.2) is 4.79 Å². The molecule has 0 atom stereocenters. The van der Waals surface area contributed by atoms with Gasteiger partial charge in [0.1, 0.15) is 15.4 Å². The van der Waals surface area contributed by atoms with E-state index in [2.05, 4.69) is 10.6 Å². The predicted octanol–water partition coefficient (Wildman–Crippen LogP) is 1.83. The Bertz CT molecular complexity index is 521. The summed E-state index contributed by atoms with van der Waals surface area (Å²) in [5.41, 5.74) is 6.39. The number of carbonyl (C=O) groups is 2. The van der Waals surface area contributed by atoms with Crippen LogP contribution in [0, 0.1) is 0 Å². The Hall–Kier alpha value is -1.76. The van der Waals surface area contributed by atoms with Crippen molar-refractivity contribution in [3.63, 3.8) is 0 Å². The minimum atomic E-state index is -0.519. The number of ether oxygens (including phenoxy) is 1. The monoisotopic (exact) mass is 297 g/mol. The van der Waals surface area contributed by atoms with Crippen LogP contribution in [0.5, 0.6) is 0 Å². The first-order chi connectivity index (χ1) is 9.58. The van der Waals surface area contributed by atoms with Crippen molar-refractivity contribution in [2.24, 2.45) is 0 Å². The van der Waals surface area contributed by atoms with E-state index in [1.54, 1.807) is 0 Å². The molecular formula is C13H19N3O3S. The topological polar surface area (TPSA) is 93.5 Å². The van der Waals surface area contributed by atoms with Crippen molar-refractivity contribution in [1.82, 2.24) is 5.32 Å². The van der Waals surface area contributed by atoms with Gasteiger partial charge in [-0.05, 0) is 12.8 Å². The molecule has 0 radical (unpaired) electrons. The molecule has 1 aliphatic rings. The van der Waals surface area contributed by atoms with Crippen LogP contribution in [0.2, 0.25) is 0 Å². The Morgan fingerprint density at radius 3 is 2.55 bits per heavy atom. The molecule has 1 saturated carbocycles. The summed E-state index contributed by atoms with van der Waals surface area (Å²) >= 11 is 1.20. The second kappa shape index (κ2) is 6.13. The summed E-state index contributed by atoms with van der Waals surface area (Å²) in [6.07, 6.45) is 4.48. The average Bonchev–Trinajstić information content (AvgIpc) is 3.06. The third-order valence-electron chi connectivity index (χ3n) is 3.46. The van der Waals surface area contributed by atoms with Gasteiger partial charge in [0.2, 0.25) is 0 Å². The standard InChI is InChI=1S/C13H19N3O3S/c1-15-11(17)10-9(14)8(13(18)19-2)12(20-10)16-7-5-3-4-6-7/h7,16H,3-6,14H2,1-2H3,(H,15,17). The van der Waals surface area contributed by atoms with Crippen molar-refractivity contribution >= 4 is 33.9 Å². The molecular weight excluding hydrogens is 278 g/mol. The molecule has 0 unspecified atom stereocenters. The number of anilines is 2. The van der Waals surface area contributed by atoms with Gasteiger partial charge in [-0.15, -0.1) is 11.3 Å². The molecule has 0 spiro atoms. The zero-order chi connectivity index (χ0) is 14.7. The number of esters is 1. The van der Waals surface area contributed by atoms with Crippen LogP contribution in [-0.4, -0.2) is 32.1 Å². The number of hydrogen-bond donors (Lipinski definition) is 3. The van der Waals surface area contributed by atoms with Crippen molar-refractivity contribution in [1.29, 1.82) is 0 Å². The van der Waals surface area contributed by atoms with Crippen LogP contribution < -0.4 is 16.4 Å². The zero-order valence-electron chi connectivity index (χ0n) is 11.6. The highest BCUT2D eigenvalue weighted by Gasteiger charge is 2.27. The highest BCUT2D eigenvalue weighted by atomic mass is 32.1. The molecule has 7 heteroatoms. The van der Waals surface area contributed by atoms with Crippen molar-refractivity contribution in [2.75, 3.05) is 25.2 Å². The van der Waals surface area contributed by atoms with Gasteiger partial charge in [-0.1, -0.05) is 12.8 Å². The van der Waals surface area contributed by atoms with Gasteiger partial charge in [-0.2, -0.15) is 0 Å². The lowest BCUT2D eigenvalue weighted by Gasteiger charge is -2.12. The molecule has 0 saturated heterocycles. The fourth-order valence-corrected chi connectivity index (χ4v) is 3.52. The first-order valence-electron chi connectivity index (χ1n) is 6.57. The lowest BCUT2D eigenvalue weighted by atomic mass is 10.2. The number of amides is 1. The molecule has 1 fully saturated rings. The number of nitrogens with two attached hydrogens (primary N) is 1. The zero-order valence-corrected chi connectivity index (χ0v) is 12.4. The van der Waals surface area contributed by atoms with E-state index in [0.717, 1.165) is 12.8 Å². The van der Waals surface area contributed by atoms with E-state index >= 15 is 0 Å². The minimum absolute atomic E-state index is 0.182. The maximum atomic E-state index is 11.9. The van der Waals surface area contributed by atoms with Gasteiger partial charge in [0, 0.05) is 13.1 Å². The molecule has 1 aromatic heterocycles. The lowest BCUT2D eigenvalue weighted by Crippen LogP contribution is -2.18. The van der Waals surface area contributed by atoms with Crippen LogP contribution in [-0.2, 0) is 4.74 Å². The fourth-order valence-electron chi connectivity index (χ4n) is 2.39. The van der Waals surface area contributed by atoms with Crippen LogP contribution in [0.1, 0.15) is 45.7 Å². The van der Waals surface area contributed by atoms with Gasteiger partial charge in [0.15, 0.2) is 0 Å². The number of nitrogen functional groups attached to an aromatic ring is 1. The summed E-state index contributed by atoms with van der Waals surface area (Å²) in [5.74, 6) is -0.813. The normalized spacial score (nSPS) is 15.1. The lowest BCUT2D eigenvalue weighted by molar-refractivity contribution is 0.0603.